The lowest BCUT2D eigenvalue weighted by Gasteiger charge is -2.34. The SMILES string of the molecule is CCCCNC(=NC)NCc1cccnc1N1CCN(C)CC1. The van der Waals surface area contributed by atoms with Gasteiger partial charge in [-0.05, 0) is 19.5 Å². The lowest BCUT2D eigenvalue weighted by atomic mass is 10.2. The van der Waals surface area contributed by atoms with Crippen LogP contribution in [0, 0.1) is 0 Å². The van der Waals surface area contributed by atoms with Gasteiger partial charge < -0.3 is 20.4 Å². The highest BCUT2D eigenvalue weighted by Crippen LogP contribution is 2.18. The van der Waals surface area contributed by atoms with E-state index in [1.165, 1.54) is 12.0 Å². The van der Waals surface area contributed by atoms with Crippen molar-refractivity contribution in [2.75, 3.05) is 51.7 Å². The standard InChI is InChI=1S/C17H30N6/c1-4-5-8-20-17(18-2)21-14-15-7-6-9-19-16(15)23-12-10-22(3)11-13-23/h6-7,9H,4-5,8,10-14H2,1-3H3,(H2,18,20,21). The topological polar surface area (TPSA) is 55.8 Å². The first-order valence-electron chi connectivity index (χ1n) is 8.56. The second kappa shape index (κ2) is 9.35. The van der Waals surface area contributed by atoms with Gasteiger partial charge in [0.25, 0.3) is 0 Å². The minimum atomic E-state index is 0.737. The normalized spacial score (nSPS) is 16.5. The number of guanidine groups is 1. The van der Waals surface area contributed by atoms with Gasteiger partial charge in [-0.3, -0.25) is 4.99 Å². The van der Waals surface area contributed by atoms with Gasteiger partial charge in [0.1, 0.15) is 5.82 Å². The summed E-state index contributed by atoms with van der Waals surface area (Å²) in [5.74, 6) is 1.95. The highest BCUT2D eigenvalue weighted by molar-refractivity contribution is 5.79. The quantitative estimate of drug-likeness (QED) is 0.470. The van der Waals surface area contributed by atoms with Gasteiger partial charge in [0.2, 0.25) is 0 Å². The predicted octanol–water partition coefficient (Wildman–Crippen LogP) is 1.30. The van der Waals surface area contributed by atoms with E-state index in [-0.39, 0.29) is 0 Å². The number of hydrogen-bond acceptors (Lipinski definition) is 4. The highest BCUT2D eigenvalue weighted by Gasteiger charge is 2.17. The molecule has 23 heavy (non-hydrogen) atoms. The first kappa shape index (κ1) is 17.5. The molecule has 0 spiro atoms. The van der Waals surface area contributed by atoms with Crippen LogP contribution in [-0.4, -0.2) is 62.7 Å². The summed E-state index contributed by atoms with van der Waals surface area (Å²) < 4.78 is 0. The van der Waals surface area contributed by atoms with Crippen LogP contribution in [0.15, 0.2) is 23.3 Å². The summed E-state index contributed by atoms with van der Waals surface area (Å²) in [6.45, 7) is 8.12. The van der Waals surface area contributed by atoms with E-state index in [4.69, 9.17) is 0 Å². The fourth-order valence-electron chi connectivity index (χ4n) is 2.65. The van der Waals surface area contributed by atoms with E-state index in [1.807, 2.05) is 19.3 Å². The molecule has 2 heterocycles. The lowest BCUT2D eigenvalue weighted by molar-refractivity contribution is 0.312. The highest BCUT2D eigenvalue weighted by atomic mass is 15.3. The molecule has 0 atom stereocenters. The molecule has 0 unspecified atom stereocenters. The monoisotopic (exact) mass is 318 g/mol. The zero-order valence-electron chi connectivity index (χ0n) is 14.7. The van der Waals surface area contributed by atoms with E-state index in [2.05, 4.69) is 50.4 Å². The average molecular weight is 318 g/mol. The van der Waals surface area contributed by atoms with Crippen molar-refractivity contribution in [3.63, 3.8) is 0 Å². The van der Waals surface area contributed by atoms with E-state index in [9.17, 15) is 0 Å². The number of aromatic nitrogens is 1. The number of rotatable bonds is 6. The van der Waals surface area contributed by atoms with Crippen molar-refractivity contribution in [2.45, 2.75) is 26.3 Å². The Kier molecular flexibility index (Phi) is 7.13. The molecule has 1 aromatic rings. The van der Waals surface area contributed by atoms with Crippen LogP contribution in [0.5, 0.6) is 0 Å². The fourth-order valence-corrected chi connectivity index (χ4v) is 2.65. The van der Waals surface area contributed by atoms with Crippen LogP contribution in [-0.2, 0) is 6.54 Å². The summed E-state index contributed by atoms with van der Waals surface area (Å²) >= 11 is 0. The maximum atomic E-state index is 4.61. The van der Waals surface area contributed by atoms with Crippen molar-refractivity contribution in [1.29, 1.82) is 0 Å². The van der Waals surface area contributed by atoms with Gasteiger partial charge in [0.15, 0.2) is 5.96 Å². The summed E-state index contributed by atoms with van der Waals surface area (Å²) in [6.07, 6.45) is 4.21. The van der Waals surface area contributed by atoms with E-state index >= 15 is 0 Å². The van der Waals surface area contributed by atoms with Crippen molar-refractivity contribution in [1.82, 2.24) is 20.5 Å². The summed E-state index contributed by atoms with van der Waals surface area (Å²) in [5.41, 5.74) is 1.22. The van der Waals surface area contributed by atoms with Crippen molar-refractivity contribution in [2.24, 2.45) is 4.99 Å². The number of unbranched alkanes of at least 4 members (excludes halogenated alkanes) is 1. The number of piperazine rings is 1. The number of likely N-dealkylation sites (N-methyl/N-ethyl adjacent to an activating group) is 1. The molecule has 0 saturated carbocycles. The van der Waals surface area contributed by atoms with E-state index in [0.717, 1.165) is 57.5 Å². The number of nitrogens with one attached hydrogen (secondary N) is 2. The Morgan fingerprint density at radius 1 is 1.26 bits per heavy atom. The van der Waals surface area contributed by atoms with Crippen LogP contribution in [0.1, 0.15) is 25.3 Å². The van der Waals surface area contributed by atoms with Gasteiger partial charge >= 0.3 is 0 Å². The molecule has 0 aliphatic carbocycles. The van der Waals surface area contributed by atoms with Crippen molar-refractivity contribution in [3.05, 3.63) is 23.9 Å². The van der Waals surface area contributed by atoms with Gasteiger partial charge in [0, 0.05) is 58.1 Å². The molecule has 0 bridgehead atoms. The molecule has 1 aliphatic rings. The van der Waals surface area contributed by atoms with Crippen LogP contribution in [0.4, 0.5) is 5.82 Å². The van der Waals surface area contributed by atoms with E-state index in [0.29, 0.717) is 0 Å². The van der Waals surface area contributed by atoms with Crippen LogP contribution in [0.3, 0.4) is 0 Å². The van der Waals surface area contributed by atoms with Gasteiger partial charge in [-0.25, -0.2) is 4.98 Å². The minimum absolute atomic E-state index is 0.737. The molecular weight excluding hydrogens is 288 g/mol. The molecule has 6 heteroatoms. The molecule has 1 fully saturated rings. The molecule has 0 amide bonds. The molecule has 1 aliphatic heterocycles. The Labute approximate surface area is 140 Å². The molecule has 1 aromatic heterocycles. The summed E-state index contributed by atoms with van der Waals surface area (Å²) in [6, 6.07) is 4.15. The summed E-state index contributed by atoms with van der Waals surface area (Å²) in [4.78, 5) is 13.6. The molecular formula is C17H30N6. The number of nitrogens with zero attached hydrogens (tertiary/aromatic N) is 4. The lowest BCUT2D eigenvalue weighted by Crippen LogP contribution is -2.45. The number of hydrogen-bond donors (Lipinski definition) is 2. The minimum Gasteiger partial charge on any atom is -0.356 e. The molecule has 6 nitrogen and oxygen atoms in total. The van der Waals surface area contributed by atoms with Crippen LogP contribution in [0.25, 0.3) is 0 Å². The van der Waals surface area contributed by atoms with Crippen molar-refractivity contribution >= 4 is 11.8 Å². The van der Waals surface area contributed by atoms with E-state index in [1.54, 1.807) is 0 Å². The molecule has 128 valence electrons. The smallest absolute Gasteiger partial charge is 0.191 e. The van der Waals surface area contributed by atoms with Gasteiger partial charge in [-0.1, -0.05) is 19.4 Å². The Morgan fingerprint density at radius 2 is 2.04 bits per heavy atom. The first-order valence-corrected chi connectivity index (χ1v) is 8.56. The van der Waals surface area contributed by atoms with Gasteiger partial charge in [-0.15, -0.1) is 0 Å². The van der Waals surface area contributed by atoms with Crippen molar-refractivity contribution in [3.8, 4) is 0 Å². The average Bonchev–Trinajstić information content (AvgIpc) is 2.59. The Balaban J connectivity index is 1.94. The largest absolute Gasteiger partial charge is 0.356 e. The number of anilines is 1. The fraction of sp³-hybridized carbons (Fsp3) is 0.647. The molecule has 0 aromatic carbocycles. The zero-order valence-corrected chi connectivity index (χ0v) is 14.7. The Morgan fingerprint density at radius 3 is 2.74 bits per heavy atom. The van der Waals surface area contributed by atoms with Gasteiger partial charge in [-0.2, -0.15) is 0 Å². The summed E-state index contributed by atoms with van der Waals surface area (Å²) in [5, 5.41) is 6.74. The maximum absolute atomic E-state index is 4.61. The van der Waals surface area contributed by atoms with E-state index < -0.39 is 0 Å². The molecule has 2 rings (SSSR count). The second-order valence-electron chi connectivity index (χ2n) is 5.98. The maximum Gasteiger partial charge on any atom is 0.191 e. The van der Waals surface area contributed by atoms with Crippen LogP contribution < -0.4 is 15.5 Å². The molecule has 0 radical (unpaired) electrons. The second-order valence-corrected chi connectivity index (χ2v) is 5.98. The van der Waals surface area contributed by atoms with Gasteiger partial charge in [0.05, 0.1) is 0 Å². The Hall–Kier alpha value is -1.82. The summed E-state index contributed by atoms with van der Waals surface area (Å²) in [7, 11) is 3.98. The third-order valence-electron chi connectivity index (χ3n) is 4.16. The predicted molar refractivity (Wildman–Crippen MR) is 97.1 cm³/mol. The zero-order chi connectivity index (χ0) is 16.5. The Bertz CT molecular complexity index is 494. The molecule has 2 N–H and O–H groups in total. The van der Waals surface area contributed by atoms with Crippen molar-refractivity contribution < 1.29 is 0 Å². The number of pyridine rings is 1. The van der Waals surface area contributed by atoms with Crippen LogP contribution >= 0.6 is 0 Å². The van der Waals surface area contributed by atoms with Crippen LogP contribution in [0.2, 0.25) is 0 Å². The third-order valence-corrected chi connectivity index (χ3v) is 4.16. The molecule has 1 saturated heterocycles. The third kappa shape index (κ3) is 5.39. The first-order chi connectivity index (χ1) is 11.2. The number of aliphatic imine (C=N–C) groups is 1.